The van der Waals surface area contributed by atoms with Crippen molar-refractivity contribution in [2.75, 3.05) is 31.6 Å². The van der Waals surface area contributed by atoms with Gasteiger partial charge in [-0.3, -0.25) is 4.90 Å². The van der Waals surface area contributed by atoms with Crippen LogP contribution in [-0.4, -0.2) is 39.6 Å². The van der Waals surface area contributed by atoms with Crippen molar-refractivity contribution in [2.24, 2.45) is 5.14 Å². The lowest BCUT2D eigenvalue weighted by molar-refractivity contribution is -0.137. The molecule has 2 aromatic rings. The second-order valence-corrected chi connectivity index (χ2v) is 8.37. The van der Waals surface area contributed by atoms with Crippen molar-refractivity contribution in [1.29, 1.82) is 0 Å². The number of nitrogens with one attached hydrogen (secondary N) is 1. The topological polar surface area (TPSA) is 84.7 Å². The number of nitrogens with zero attached hydrogens (tertiary/aromatic N) is 1. The largest absolute Gasteiger partial charge is 0.418 e. The van der Waals surface area contributed by atoms with Crippen LogP contribution in [0.1, 0.15) is 16.7 Å². The normalized spacial score (nSPS) is 16.0. The van der Waals surface area contributed by atoms with E-state index in [2.05, 4.69) is 10.2 Å². The van der Waals surface area contributed by atoms with Crippen LogP contribution in [-0.2, 0) is 34.0 Å². The second kappa shape index (κ2) is 8.70. The first-order chi connectivity index (χ1) is 13.6. The molecule has 2 aromatic carbocycles. The van der Waals surface area contributed by atoms with Gasteiger partial charge in [-0.05, 0) is 29.3 Å². The number of rotatable bonds is 6. The number of sulfonamides is 1. The van der Waals surface area contributed by atoms with Crippen LogP contribution in [0.5, 0.6) is 0 Å². The van der Waals surface area contributed by atoms with Gasteiger partial charge in [0.1, 0.15) is 0 Å². The summed E-state index contributed by atoms with van der Waals surface area (Å²) in [6, 6.07) is 10.3. The third-order valence-electron chi connectivity index (χ3n) is 4.61. The quantitative estimate of drug-likeness (QED) is 0.738. The van der Waals surface area contributed by atoms with E-state index in [1.807, 2.05) is 24.3 Å². The maximum Gasteiger partial charge on any atom is 0.418 e. The van der Waals surface area contributed by atoms with E-state index < -0.39 is 26.7 Å². The van der Waals surface area contributed by atoms with Gasteiger partial charge in [-0.1, -0.05) is 24.3 Å². The Balaban J connectivity index is 1.74. The van der Waals surface area contributed by atoms with Crippen LogP contribution in [0.2, 0.25) is 0 Å². The number of hydrogen-bond donors (Lipinski definition) is 2. The highest BCUT2D eigenvalue weighted by atomic mass is 32.2. The highest BCUT2D eigenvalue weighted by molar-refractivity contribution is 7.89. The number of primary sulfonamides is 1. The highest BCUT2D eigenvalue weighted by Crippen LogP contribution is 2.36. The minimum absolute atomic E-state index is 0.161. The summed E-state index contributed by atoms with van der Waals surface area (Å²) in [6.45, 7) is 3.97. The van der Waals surface area contributed by atoms with Gasteiger partial charge < -0.3 is 10.1 Å². The monoisotopic (exact) mass is 429 g/mol. The number of morpholine rings is 1. The minimum atomic E-state index is -4.72. The zero-order valence-corrected chi connectivity index (χ0v) is 16.4. The summed E-state index contributed by atoms with van der Waals surface area (Å²) >= 11 is 0. The zero-order valence-electron chi connectivity index (χ0n) is 15.6. The molecule has 0 unspecified atom stereocenters. The molecule has 0 bridgehead atoms. The Morgan fingerprint density at radius 1 is 1.07 bits per heavy atom. The predicted octanol–water partition coefficient (Wildman–Crippen LogP) is 2.80. The van der Waals surface area contributed by atoms with Crippen molar-refractivity contribution in [2.45, 2.75) is 24.2 Å². The van der Waals surface area contributed by atoms with E-state index in [-0.39, 0.29) is 12.2 Å². The molecule has 1 heterocycles. The van der Waals surface area contributed by atoms with E-state index in [0.29, 0.717) is 19.3 Å². The van der Waals surface area contributed by atoms with Gasteiger partial charge in [0, 0.05) is 31.9 Å². The maximum atomic E-state index is 13.4. The molecule has 6 nitrogen and oxygen atoms in total. The summed E-state index contributed by atoms with van der Waals surface area (Å²) in [6.07, 6.45) is -4.72. The molecule has 0 aromatic heterocycles. The van der Waals surface area contributed by atoms with Crippen molar-refractivity contribution >= 4 is 15.7 Å². The third kappa shape index (κ3) is 5.92. The standard InChI is InChI=1S/C19H22F3N3O3S/c20-19(21,22)17-11-16(29(23,26)27)4-5-18(17)24-12-14-2-1-3-15(10-14)13-25-6-8-28-9-7-25/h1-5,10-11,24H,6-9,12-13H2,(H2,23,26,27). The lowest BCUT2D eigenvalue weighted by Crippen LogP contribution is -2.35. The number of nitrogens with two attached hydrogens (primary N) is 1. The van der Waals surface area contributed by atoms with Gasteiger partial charge in [0.25, 0.3) is 0 Å². The van der Waals surface area contributed by atoms with E-state index in [1.54, 1.807) is 0 Å². The van der Waals surface area contributed by atoms with Crippen molar-refractivity contribution in [3.05, 3.63) is 59.2 Å². The summed E-state index contributed by atoms with van der Waals surface area (Å²) in [5.41, 5.74) is 0.600. The number of benzene rings is 2. The highest BCUT2D eigenvalue weighted by Gasteiger charge is 2.34. The summed E-state index contributed by atoms with van der Waals surface area (Å²) in [7, 11) is -4.23. The molecule has 1 saturated heterocycles. The molecule has 3 N–H and O–H groups in total. The van der Waals surface area contributed by atoms with Crippen LogP contribution in [0.3, 0.4) is 0 Å². The number of hydrogen-bond acceptors (Lipinski definition) is 5. The predicted molar refractivity (Wildman–Crippen MR) is 103 cm³/mol. The maximum absolute atomic E-state index is 13.4. The second-order valence-electron chi connectivity index (χ2n) is 6.81. The first kappa shape index (κ1) is 21.6. The first-order valence-electron chi connectivity index (χ1n) is 8.99. The lowest BCUT2D eigenvalue weighted by Gasteiger charge is -2.26. The fourth-order valence-electron chi connectivity index (χ4n) is 3.14. The van der Waals surface area contributed by atoms with E-state index in [9.17, 15) is 21.6 Å². The van der Waals surface area contributed by atoms with Gasteiger partial charge in [-0.15, -0.1) is 0 Å². The Bertz CT molecular complexity index is 959. The Morgan fingerprint density at radius 2 is 1.76 bits per heavy atom. The molecule has 3 rings (SSSR count). The number of anilines is 1. The fourth-order valence-corrected chi connectivity index (χ4v) is 3.68. The molecule has 0 radical (unpaired) electrons. The molecule has 0 atom stereocenters. The van der Waals surface area contributed by atoms with E-state index in [4.69, 9.17) is 9.88 Å². The number of alkyl halides is 3. The molecule has 158 valence electrons. The fraction of sp³-hybridized carbons (Fsp3) is 0.368. The van der Waals surface area contributed by atoms with Gasteiger partial charge in [0.15, 0.2) is 0 Å². The summed E-state index contributed by atoms with van der Waals surface area (Å²) in [4.78, 5) is 1.67. The average molecular weight is 429 g/mol. The van der Waals surface area contributed by atoms with Crippen LogP contribution in [0.4, 0.5) is 18.9 Å². The van der Waals surface area contributed by atoms with Crippen LogP contribution in [0.15, 0.2) is 47.4 Å². The minimum Gasteiger partial charge on any atom is -0.380 e. The van der Waals surface area contributed by atoms with Gasteiger partial charge in [0.2, 0.25) is 10.0 Å². The van der Waals surface area contributed by atoms with E-state index in [1.165, 1.54) is 0 Å². The Morgan fingerprint density at radius 3 is 2.41 bits per heavy atom. The van der Waals surface area contributed by atoms with Gasteiger partial charge >= 0.3 is 6.18 Å². The van der Waals surface area contributed by atoms with Crippen LogP contribution < -0.4 is 10.5 Å². The summed E-state index contributed by atoms with van der Waals surface area (Å²) < 4.78 is 68.2. The summed E-state index contributed by atoms with van der Waals surface area (Å²) in [5.74, 6) is 0. The summed E-state index contributed by atoms with van der Waals surface area (Å²) in [5, 5.41) is 7.71. The zero-order chi connectivity index (χ0) is 21.1. The molecule has 1 aliphatic rings. The van der Waals surface area contributed by atoms with Gasteiger partial charge in [-0.25, -0.2) is 13.6 Å². The van der Waals surface area contributed by atoms with Crippen molar-refractivity contribution in [3.63, 3.8) is 0 Å². The Labute approximate surface area is 167 Å². The van der Waals surface area contributed by atoms with E-state index >= 15 is 0 Å². The molecule has 10 heteroatoms. The van der Waals surface area contributed by atoms with Gasteiger partial charge in [0.05, 0.1) is 23.7 Å². The average Bonchev–Trinajstić information content (AvgIpc) is 2.66. The van der Waals surface area contributed by atoms with Gasteiger partial charge in [-0.2, -0.15) is 13.2 Å². The molecular weight excluding hydrogens is 407 g/mol. The number of halogens is 3. The van der Waals surface area contributed by atoms with Crippen LogP contribution >= 0.6 is 0 Å². The number of ether oxygens (including phenoxy) is 1. The molecule has 1 fully saturated rings. The lowest BCUT2D eigenvalue weighted by atomic mass is 10.1. The molecule has 0 saturated carbocycles. The van der Waals surface area contributed by atoms with Crippen LogP contribution in [0.25, 0.3) is 0 Å². The molecule has 0 aliphatic carbocycles. The molecule has 0 spiro atoms. The third-order valence-corrected chi connectivity index (χ3v) is 5.52. The molecule has 1 aliphatic heterocycles. The first-order valence-corrected chi connectivity index (χ1v) is 10.5. The van der Waals surface area contributed by atoms with Crippen molar-refractivity contribution in [3.8, 4) is 0 Å². The van der Waals surface area contributed by atoms with Crippen LogP contribution in [0, 0.1) is 0 Å². The Kier molecular flexibility index (Phi) is 6.47. The molecule has 29 heavy (non-hydrogen) atoms. The SMILES string of the molecule is NS(=O)(=O)c1ccc(NCc2cccc(CN3CCOCC3)c2)c(C(F)(F)F)c1. The smallest absolute Gasteiger partial charge is 0.380 e. The molecular formula is C19H22F3N3O3S. The van der Waals surface area contributed by atoms with Crippen molar-refractivity contribution in [1.82, 2.24) is 4.90 Å². The van der Waals surface area contributed by atoms with E-state index in [0.717, 1.165) is 42.9 Å². The van der Waals surface area contributed by atoms with Crippen molar-refractivity contribution < 1.29 is 26.3 Å². The molecule has 0 amide bonds. The Hall–Kier alpha value is -2.14.